The Morgan fingerprint density at radius 3 is 3.00 bits per heavy atom. The van der Waals surface area contributed by atoms with Crippen LogP contribution in [-0.2, 0) is 6.54 Å². The average molecular weight is 395 g/mol. The Kier molecular flexibility index (Phi) is 4.41. The van der Waals surface area contributed by atoms with Gasteiger partial charge in [-0.3, -0.25) is 9.78 Å². The number of hydrogen-bond acceptors (Lipinski definition) is 8. The van der Waals surface area contributed by atoms with Crippen LogP contribution in [0.3, 0.4) is 0 Å². The fourth-order valence-corrected chi connectivity index (χ4v) is 4.39. The number of aromatic nitrogens is 6. The highest BCUT2D eigenvalue weighted by molar-refractivity contribution is 7.19. The molecule has 0 atom stereocenters. The van der Waals surface area contributed by atoms with Crippen molar-refractivity contribution in [1.82, 2.24) is 35.3 Å². The molecule has 0 spiro atoms. The van der Waals surface area contributed by atoms with Crippen LogP contribution in [-0.4, -0.2) is 43.0 Å². The molecule has 4 aromatic rings. The van der Waals surface area contributed by atoms with Crippen molar-refractivity contribution in [3.8, 4) is 11.3 Å². The molecule has 0 aliphatic carbocycles. The predicted octanol–water partition coefficient (Wildman–Crippen LogP) is 2.40. The second kappa shape index (κ2) is 7.21. The molecule has 9 nitrogen and oxygen atoms in total. The van der Waals surface area contributed by atoms with E-state index in [1.165, 1.54) is 4.88 Å². The topological polar surface area (TPSA) is 122 Å². The van der Waals surface area contributed by atoms with Gasteiger partial charge in [0.25, 0.3) is 0 Å². The van der Waals surface area contributed by atoms with Crippen LogP contribution in [0, 0.1) is 0 Å². The average Bonchev–Trinajstić information content (AvgIpc) is 3.44. The summed E-state index contributed by atoms with van der Waals surface area (Å²) in [7, 11) is 0. The summed E-state index contributed by atoms with van der Waals surface area (Å²) in [5.41, 5.74) is 8.79. The highest BCUT2D eigenvalue weighted by Crippen LogP contribution is 2.26. The molecule has 0 bridgehead atoms. The standard InChI is InChI=1S/C18H21N9S/c19-17-18(22-7-13-5-14-16(28-13)9-23-26-14)25-15(8-21-17)11-6-24-27(10-11)12-1-3-20-4-2-12/h5-6,8-10,12,20H,1-4,7H2,(H2,19,21)(H,22,25)(H,23,26). The Morgan fingerprint density at radius 1 is 1.25 bits per heavy atom. The number of nitrogen functional groups attached to an aromatic ring is 1. The Bertz CT molecular complexity index is 1060. The molecule has 0 unspecified atom stereocenters. The highest BCUT2D eigenvalue weighted by Gasteiger charge is 2.17. The van der Waals surface area contributed by atoms with Crippen molar-refractivity contribution in [2.75, 3.05) is 24.1 Å². The van der Waals surface area contributed by atoms with Crippen LogP contribution in [0.2, 0.25) is 0 Å². The van der Waals surface area contributed by atoms with Gasteiger partial charge in [-0.1, -0.05) is 0 Å². The number of hydrogen-bond donors (Lipinski definition) is 4. The number of rotatable bonds is 5. The number of anilines is 2. The van der Waals surface area contributed by atoms with E-state index in [-0.39, 0.29) is 0 Å². The summed E-state index contributed by atoms with van der Waals surface area (Å²) >= 11 is 1.69. The van der Waals surface area contributed by atoms with Crippen molar-refractivity contribution in [2.45, 2.75) is 25.4 Å². The van der Waals surface area contributed by atoms with Gasteiger partial charge in [-0.05, 0) is 32.0 Å². The lowest BCUT2D eigenvalue weighted by Crippen LogP contribution is -2.29. The number of aromatic amines is 1. The van der Waals surface area contributed by atoms with E-state index in [1.807, 2.05) is 17.1 Å². The number of fused-ring (bicyclic) bond motifs is 1. The van der Waals surface area contributed by atoms with E-state index in [1.54, 1.807) is 17.5 Å². The van der Waals surface area contributed by atoms with Gasteiger partial charge in [-0.2, -0.15) is 10.2 Å². The SMILES string of the molecule is Nc1ncc(-c2cnn(C3CCNCC3)c2)nc1NCc1cc2[nH]ncc2s1. The second-order valence-electron chi connectivity index (χ2n) is 6.89. The first kappa shape index (κ1) is 17.1. The largest absolute Gasteiger partial charge is 0.381 e. The van der Waals surface area contributed by atoms with Gasteiger partial charge in [-0.15, -0.1) is 11.3 Å². The zero-order valence-corrected chi connectivity index (χ0v) is 16.0. The summed E-state index contributed by atoms with van der Waals surface area (Å²) < 4.78 is 3.18. The smallest absolute Gasteiger partial charge is 0.169 e. The van der Waals surface area contributed by atoms with Crippen LogP contribution in [0.4, 0.5) is 11.6 Å². The number of piperidine rings is 1. The van der Waals surface area contributed by atoms with Crippen molar-refractivity contribution in [1.29, 1.82) is 0 Å². The zero-order valence-electron chi connectivity index (χ0n) is 15.2. The number of nitrogens with two attached hydrogens (primary N) is 1. The maximum atomic E-state index is 6.03. The predicted molar refractivity (Wildman–Crippen MR) is 110 cm³/mol. The van der Waals surface area contributed by atoms with E-state index in [0.29, 0.717) is 24.2 Å². The molecule has 1 saturated heterocycles. The highest BCUT2D eigenvalue weighted by atomic mass is 32.1. The summed E-state index contributed by atoms with van der Waals surface area (Å²) in [5.74, 6) is 0.973. The maximum absolute atomic E-state index is 6.03. The van der Waals surface area contributed by atoms with E-state index >= 15 is 0 Å². The molecule has 5 N–H and O–H groups in total. The Balaban J connectivity index is 1.33. The summed E-state index contributed by atoms with van der Waals surface area (Å²) in [6.45, 7) is 2.69. The second-order valence-corrected chi connectivity index (χ2v) is 8.06. The summed E-state index contributed by atoms with van der Waals surface area (Å²) in [4.78, 5) is 10.2. The summed E-state index contributed by atoms with van der Waals surface area (Å²) in [6.07, 6.45) is 9.61. The lowest BCUT2D eigenvalue weighted by molar-refractivity contribution is 0.343. The number of nitrogens with one attached hydrogen (secondary N) is 3. The third-order valence-electron chi connectivity index (χ3n) is 4.99. The minimum atomic E-state index is 0.387. The molecule has 5 heterocycles. The maximum Gasteiger partial charge on any atom is 0.169 e. The van der Waals surface area contributed by atoms with Crippen molar-refractivity contribution in [2.24, 2.45) is 0 Å². The van der Waals surface area contributed by atoms with Gasteiger partial charge < -0.3 is 16.4 Å². The molecule has 0 radical (unpaired) electrons. The van der Waals surface area contributed by atoms with Gasteiger partial charge >= 0.3 is 0 Å². The van der Waals surface area contributed by atoms with Crippen molar-refractivity contribution < 1.29 is 0 Å². The fourth-order valence-electron chi connectivity index (χ4n) is 3.47. The zero-order chi connectivity index (χ0) is 18.9. The van der Waals surface area contributed by atoms with Gasteiger partial charge in [0.1, 0.15) is 0 Å². The monoisotopic (exact) mass is 395 g/mol. The van der Waals surface area contributed by atoms with Crippen LogP contribution in [0.25, 0.3) is 21.5 Å². The van der Waals surface area contributed by atoms with E-state index in [0.717, 1.165) is 47.4 Å². The van der Waals surface area contributed by atoms with E-state index in [4.69, 9.17) is 5.73 Å². The Hall–Kier alpha value is -2.98. The first-order chi connectivity index (χ1) is 13.8. The van der Waals surface area contributed by atoms with Crippen molar-refractivity contribution in [3.63, 3.8) is 0 Å². The van der Waals surface area contributed by atoms with Gasteiger partial charge in [0.05, 0.1) is 47.1 Å². The van der Waals surface area contributed by atoms with Gasteiger partial charge in [0.15, 0.2) is 11.6 Å². The molecule has 4 aromatic heterocycles. The van der Waals surface area contributed by atoms with Crippen LogP contribution in [0.15, 0.2) is 30.9 Å². The summed E-state index contributed by atoms with van der Waals surface area (Å²) in [5, 5.41) is 18.2. The van der Waals surface area contributed by atoms with Crippen LogP contribution >= 0.6 is 11.3 Å². The minimum absolute atomic E-state index is 0.387. The molecule has 1 fully saturated rings. The van der Waals surface area contributed by atoms with Gasteiger partial charge in [0, 0.05) is 16.6 Å². The van der Waals surface area contributed by atoms with Gasteiger partial charge in [-0.25, -0.2) is 9.97 Å². The molecule has 28 heavy (non-hydrogen) atoms. The molecule has 0 amide bonds. The Morgan fingerprint density at radius 2 is 2.14 bits per heavy atom. The van der Waals surface area contributed by atoms with Gasteiger partial charge in [0.2, 0.25) is 0 Å². The molecular weight excluding hydrogens is 374 g/mol. The van der Waals surface area contributed by atoms with Crippen molar-refractivity contribution in [3.05, 3.63) is 35.7 Å². The third-order valence-corrected chi connectivity index (χ3v) is 6.06. The molecule has 10 heteroatoms. The normalized spacial score (nSPS) is 15.3. The van der Waals surface area contributed by atoms with Crippen LogP contribution < -0.4 is 16.4 Å². The lowest BCUT2D eigenvalue weighted by atomic mass is 10.1. The fraction of sp³-hybridized carbons (Fsp3) is 0.333. The first-order valence-electron chi connectivity index (χ1n) is 9.30. The number of thiophene rings is 1. The molecular formula is C18H21N9S. The molecule has 0 saturated carbocycles. The van der Waals surface area contributed by atoms with Crippen LogP contribution in [0.1, 0.15) is 23.8 Å². The van der Waals surface area contributed by atoms with E-state index in [9.17, 15) is 0 Å². The van der Waals surface area contributed by atoms with E-state index < -0.39 is 0 Å². The molecule has 1 aliphatic rings. The minimum Gasteiger partial charge on any atom is -0.381 e. The Labute approximate surface area is 165 Å². The third kappa shape index (κ3) is 3.32. The van der Waals surface area contributed by atoms with E-state index in [2.05, 4.69) is 48.2 Å². The summed E-state index contributed by atoms with van der Waals surface area (Å²) in [6, 6.07) is 2.52. The lowest BCUT2D eigenvalue weighted by Gasteiger charge is -2.22. The molecule has 144 valence electrons. The molecule has 1 aliphatic heterocycles. The number of nitrogens with zero attached hydrogens (tertiary/aromatic N) is 5. The number of H-pyrrole nitrogens is 1. The first-order valence-corrected chi connectivity index (χ1v) is 10.1. The quantitative estimate of drug-likeness (QED) is 0.409. The molecule has 0 aromatic carbocycles. The van der Waals surface area contributed by atoms with Crippen LogP contribution in [0.5, 0.6) is 0 Å². The molecule has 5 rings (SSSR count). The van der Waals surface area contributed by atoms with Crippen molar-refractivity contribution >= 4 is 33.2 Å².